The fourth-order valence-corrected chi connectivity index (χ4v) is 2.72. The molecule has 0 N–H and O–H groups in total. The van der Waals surface area contributed by atoms with Crippen molar-refractivity contribution in [3.05, 3.63) is 65.7 Å². The number of esters is 1. The van der Waals surface area contributed by atoms with Gasteiger partial charge in [-0.1, -0.05) is 6.07 Å². The minimum Gasteiger partial charge on any atom is -0.459 e. The van der Waals surface area contributed by atoms with Crippen molar-refractivity contribution >= 4 is 17.7 Å². The van der Waals surface area contributed by atoms with Crippen LogP contribution in [0.1, 0.15) is 30.5 Å². The third-order valence-corrected chi connectivity index (χ3v) is 3.97. The largest absolute Gasteiger partial charge is 0.459 e. The Morgan fingerprint density at radius 2 is 2.00 bits per heavy atom. The number of hydrogen-bond acceptors (Lipinski definition) is 5. The zero-order valence-electron chi connectivity index (χ0n) is 16.5. The van der Waals surface area contributed by atoms with Crippen molar-refractivity contribution in [3.63, 3.8) is 0 Å². The van der Waals surface area contributed by atoms with E-state index in [9.17, 15) is 18.0 Å². The molecule has 3 aromatic rings. The number of ether oxygens (including phenoxy) is 1. The first-order valence-electron chi connectivity index (χ1n) is 9.07. The summed E-state index contributed by atoms with van der Waals surface area (Å²) >= 11 is 0. The van der Waals surface area contributed by atoms with Crippen LogP contribution in [-0.4, -0.2) is 31.8 Å². The third kappa shape index (κ3) is 5.11. The van der Waals surface area contributed by atoms with Gasteiger partial charge < -0.3 is 4.74 Å². The molecule has 0 fully saturated rings. The van der Waals surface area contributed by atoms with Crippen molar-refractivity contribution in [3.8, 4) is 11.4 Å². The molecule has 0 atom stereocenters. The van der Waals surface area contributed by atoms with Gasteiger partial charge in [-0.25, -0.2) is 14.5 Å². The molecule has 0 radical (unpaired) electrons. The highest BCUT2D eigenvalue weighted by molar-refractivity contribution is 6.20. The lowest BCUT2D eigenvalue weighted by Gasteiger charge is -2.11. The number of pyridine rings is 1. The summed E-state index contributed by atoms with van der Waals surface area (Å²) in [7, 11) is 0. The average Bonchev–Trinajstić information content (AvgIpc) is 3.14. The molecule has 0 spiro atoms. The Bertz CT molecular complexity index is 1070. The standard InChI is InChI=1S/C21H19F3N4O2/c1-13(2)30-20(29)18(15-5-4-6-25-10-15)11-28-12-26-19(27-28)16-7-14(3)8-17(9-16)21(22,23)24/h4-13H,1-3H3/b18-11+. The summed E-state index contributed by atoms with van der Waals surface area (Å²) in [5.41, 5.74) is 0.579. The Morgan fingerprint density at radius 1 is 1.23 bits per heavy atom. The lowest BCUT2D eigenvalue weighted by Crippen LogP contribution is -2.13. The molecule has 0 aliphatic heterocycles. The van der Waals surface area contributed by atoms with E-state index in [0.29, 0.717) is 11.1 Å². The van der Waals surface area contributed by atoms with Gasteiger partial charge in [0.2, 0.25) is 0 Å². The summed E-state index contributed by atoms with van der Waals surface area (Å²) < 4.78 is 45.9. The molecular weight excluding hydrogens is 397 g/mol. The van der Waals surface area contributed by atoms with Gasteiger partial charge in [-0.15, -0.1) is 5.10 Å². The molecule has 30 heavy (non-hydrogen) atoms. The molecule has 0 bridgehead atoms. The Balaban J connectivity index is 2.00. The smallest absolute Gasteiger partial charge is 0.416 e. The lowest BCUT2D eigenvalue weighted by atomic mass is 10.1. The molecule has 0 amide bonds. The summed E-state index contributed by atoms with van der Waals surface area (Å²) in [5.74, 6) is -0.479. The number of halogens is 3. The van der Waals surface area contributed by atoms with Gasteiger partial charge in [-0.05, 0) is 50.6 Å². The number of nitrogens with zero attached hydrogens (tertiary/aromatic N) is 4. The van der Waals surface area contributed by atoms with Gasteiger partial charge in [-0.3, -0.25) is 4.98 Å². The Kier molecular flexibility index (Phi) is 6.00. The first-order valence-corrected chi connectivity index (χ1v) is 9.07. The molecule has 6 nitrogen and oxygen atoms in total. The SMILES string of the molecule is Cc1cc(-c2ncn(/C=C(/C(=O)OC(C)C)c3cccnc3)n2)cc(C(F)(F)F)c1. The van der Waals surface area contributed by atoms with Crippen LogP contribution >= 0.6 is 0 Å². The van der Waals surface area contributed by atoms with Crippen LogP contribution in [0.5, 0.6) is 0 Å². The molecular formula is C21H19F3N4O2. The van der Waals surface area contributed by atoms with Crippen LogP contribution in [-0.2, 0) is 15.7 Å². The van der Waals surface area contributed by atoms with E-state index >= 15 is 0 Å². The molecule has 0 unspecified atom stereocenters. The molecule has 9 heteroatoms. The second kappa shape index (κ2) is 8.48. The van der Waals surface area contributed by atoms with Gasteiger partial charge in [-0.2, -0.15) is 13.2 Å². The van der Waals surface area contributed by atoms with Gasteiger partial charge in [0.1, 0.15) is 6.33 Å². The lowest BCUT2D eigenvalue weighted by molar-refractivity contribution is -0.140. The number of carbonyl (C=O) groups is 1. The third-order valence-electron chi connectivity index (χ3n) is 3.97. The molecule has 2 heterocycles. The van der Waals surface area contributed by atoms with Crippen LogP contribution in [0.4, 0.5) is 13.2 Å². The maximum Gasteiger partial charge on any atom is 0.416 e. The van der Waals surface area contributed by atoms with Crippen molar-refractivity contribution in [2.24, 2.45) is 0 Å². The monoisotopic (exact) mass is 416 g/mol. The van der Waals surface area contributed by atoms with Gasteiger partial charge in [0.25, 0.3) is 0 Å². The van der Waals surface area contributed by atoms with Gasteiger partial charge in [0.15, 0.2) is 5.82 Å². The molecule has 2 aromatic heterocycles. The van der Waals surface area contributed by atoms with E-state index in [1.165, 1.54) is 23.4 Å². The number of carbonyl (C=O) groups excluding carboxylic acids is 1. The first kappa shape index (κ1) is 21.2. The van der Waals surface area contributed by atoms with E-state index in [-0.39, 0.29) is 23.1 Å². The summed E-state index contributed by atoms with van der Waals surface area (Å²) in [6.45, 7) is 5.02. The summed E-state index contributed by atoms with van der Waals surface area (Å²) in [6.07, 6.45) is 0.969. The zero-order chi connectivity index (χ0) is 21.9. The van der Waals surface area contributed by atoms with Crippen molar-refractivity contribution in [1.82, 2.24) is 19.7 Å². The van der Waals surface area contributed by atoms with E-state index in [4.69, 9.17) is 4.74 Å². The van der Waals surface area contributed by atoms with Gasteiger partial charge in [0, 0.05) is 29.7 Å². The number of benzene rings is 1. The van der Waals surface area contributed by atoms with Crippen molar-refractivity contribution in [2.45, 2.75) is 33.1 Å². The van der Waals surface area contributed by atoms with Crippen LogP contribution in [0.2, 0.25) is 0 Å². The Morgan fingerprint density at radius 3 is 2.63 bits per heavy atom. The summed E-state index contributed by atoms with van der Waals surface area (Å²) in [6, 6.07) is 6.97. The van der Waals surface area contributed by atoms with Crippen LogP contribution in [0.3, 0.4) is 0 Å². The minimum absolute atomic E-state index is 0.100. The zero-order valence-corrected chi connectivity index (χ0v) is 16.5. The molecule has 0 saturated heterocycles. The van der Waals surface area contributed by atoms with E-state index in [1.54, 1.807) is 45.2 Å². The highest BCUT2D eigenvalue weighted by atomic mass is 19.4. The summed E-state index contributed by atoms with van der Waals surface area (Å²) in [4.78, 5) is 20.6. The van der Waals surface area contributed by atoms with Crippen LogP contribution in [0.15, 0.2) is 49.1 Å². The van der Waals surface area contributed by atoms with Gasteiger partial charge in [0.05, 0.1) is 17.2 Å². The maximum absolute atomic E-state index is 13.1. The molecule has 156 valence electrons. The first-order chi connectivity index (χ1) is 14.1. The molecule has 0 aliphatic rings. The van der Waals surface area contributed by atoms with Crippen LogP contribution < -0.4 is 0 Å². The fraction of sp³-hybridized carbons (Fsp3) is 0.238. The van der Waals surface area contributed by atoms with Crippen molar-refractivity contribution in [2.75, 3.05) is 0 Å². The van der Waals surface area contributed by atoms with Crippen molar-refractivity contribution < 1.29 is 22.7 Å². The van der Waals surface area contributed by atoms with Crippen LogP contribution in [0.25, 0.3) is 23.2 Å². The quantitative estimate of drug-likeness (QED) is 0.449. The topological polar surface area (TPSA) is 69.9 Å². The molecule has 1 aromatic carbocycles. The Labute approximate surface area is 171 Å². The predicted molar refractivity (Wildman–Crippen MR) is 105 cm³/mol. The highest BCUT2D eigenvalue weighted by Crippen LogP contribution is 2.32. The maximum atomic E-state index is 13.1. The van der Waals surface area contributed by atoms with Crippen LogP contribution in [0, 0.1) is 6.92 Å². The average molecular weight is 416 g/mol. The molecule has 3 rings (SSSR count). The van der Waals surface area contributed by atoms with E-state index < -0.39 is 17.7 Å². The minimum atomic E-state index is -4.47. The Hall–Kier alpha value is -3.49. The second-order valence-electron chi connectivity index (χ2n) is 6.87. The van der Waals surface area contributed by atoms with Gasteiger partial charge >= 0.3 is 12.1 Å². The second-order valence-corrected chi connectivity index (χ2v) is 6.87. The number of hydrogen-bond donors (Lipinski definition) is 0. The van der Waals surface area contributed by atoms with E-state index in [0.717, 1.165) is 12.1 Å². The normalized spacial score (nSPS) is 12.3. The number of aryl methyl sites for hydroxylation is 1. The summed E-state index contributed by atoms with van der Waals surface area (Å²) in [5, 5.41) is 4.21. The number of aromatic nitrogens is 4. The van der Waals surface area contributed by atoms with Crippen molar-refractivity contribution in [1.29, 1.82) is 0 Å². The van der Waals surface area contributed by atoms with E-state index in [2.05, 4.69) is 15.1 Å². The fourth-order valence-electron chi connectivity index (χ4n) is 2.72. The molecule has 0 aliphatic carbocycles. The van der Waals surface area contributed by atoms with E-state index in [1.807, 2.05) is 0 Å². The number of rotatable bonds is 5. The number of alkyl halides is 3. The highest BCUT2D eigenvalue weighted by Gasteiger charge is 2.31. The predicted octanol–water partition coefficient (Wildman–Crippen LogP) is 4.62. The molecule has 0 saturated carbocycles.